The summed E-state index contributed by atoms with van der Waals surface area (Å²) in [5.74, 6) is -0.180. The predicted molar refractivity (Wildman–Crippen MR) is 116 cm³/mol. The van der Waals surface area contributed by atoms with Crippen molar-refractivity contribution in [2.45, 2.75) is 44.1 Å². The van der Waals surface area contributed by atoms with Crippen molar-refractivity contribution in [3.63, 3.8) is 0 Å². The van der Waals surface area contributed by atoms with Crippen LogP contribution < -0.4 is 0 Å². The Morgan fingerprint density at radius 1 is 1.25 bits per heavy atom. The zero-order chi connectivity index (χ0) is 20.1. The van der Waals surface area contributed by atoms with Crippen LogP contribution in [0.4, 0.5) is 0 Å². The molecule has 6 heteroatoms. The van der Waals surface area contributed by atoms with Crippen molar-refractivity contribution in [2.24, 2.45) is 0 Å². The first-order valence-corrected chi connectivity index (χ1v) is 11.4. The van der Waals surface area contributed by atoms with Crippen LogP contribution in [-0.2, 0) is 14.3 Å². The maximum atomic E-state index is 13.4. The number of thioether (sulfide) groups is 2. The lowest BCUT2D eigenvalue weighted by atomic mass is 9.99. The number of ketones is 1. The lowest BCUT2D eigenvalue weighted by Gasteiger charge is -2.42. The first-order valence-electron chi connectivity index (χ1n) is 9.30. The molecule has 0 radical (unpaired) electrons. The fraction of sp³-hybridized carbons (Fsp3) is 0.364. The Balaban J connectivity index is 1.82. The lowest BCUT2D eigenvalue weighted by molar-refractivity contribution is -0.155. The Labute approximate surface area is 174 Å². The Morgan fingerprint density at radius 3 is 2.61 bits per heavy atom. The standard InChI is InChI=1S/C22H23NO3S2/c1-22(2,3)26-20(25)19-15-12-8-11-14-16(13-9-6-5-7-10-13)18(24)17(23(14)15)21(27-4)28-19/h5-11,15,19H,12H2,1-4H3/t15-,19-/m1/s1. The van der Waals surface area contributed by atoms with E-state index in [9.17, 15) is 9.59 Å². The van der Waals surface area contributed by atoms with Crippen LogP contribution in [0.15, 0.2) is 58.1 Å². The van der Waals surface area contributed by atoms with Crippen molar-refractivity contribution in [1.29, 1.82) is 0 Å². The number of rotatable bonds is 3. The highest BCUT2D eigenvalue weighted by Crippen LogP contribution is 2.52. The number of carbonyl (C=O) groups is 2. The fourth-order valence-corrected chi connectivity index (χ4v) is 5.96. The van der Waals surface area contributed by atoms with E-state index < -0.39 is 5.60 Å². The van der Waals surface area contributed by atoms with Crippen LogP contribution in [-0.4, -0.2) is 39.8 Å². The lowest BCUT2D eigenvalue weighted by Crippen LogP contribution is -2.49. The molecule has 28 heavy (non-hydrogen) atoms. The van der Waals surface area contributed by atoms with Crippen LogP contribution in [0.3, 0.4) is 0 Å². The summed E-state index contributed by atoms with van der Waals surface area (Å²) >= 11 is 2.99. The number of Topliss-reactive ketones (excluding diaryl/α,β-unsaturated/α-hetero) is 1. The molecule has 0 N–H and O–H groups in total. The van der Waals surface area contributed by atoms with Crippen molar-refractivity contribution in [2.75, 3.05) is 6.26 Å². The van der Waals surface area contributed by atoms with Gasteiger partial charge < -0.3 is 9.64 Å². The number of allylic oxidation sites excluding steroid dienone is 2. The third-order valence-corrected chi connectivity index (χ3v) is 7.37. The van der Waals surface area contributed by atoms with Crippen molar-refractivity contribution in [3.05, 3.63) is 63.7 Å². The SMILES string of the molecule is CSC1=C2C(=O)C(c3ccccc3)=C3C=CC[C@H]([C@H](C(=O)OC(C)(C)C)S1)N32. The minimum atomic E-state index is -0.541. The van der Waals surface area contributed by atoms with Gasteiger partial charge in [-0.25, -0.2) is 0 Å². The van der Waals surface area contributed by atoms with E-state index in [4.69, 9.17) is 4.74 Å². The molecule has 3 heterocycles. The van der Waals surface area contributed by atoms with Crippen molar-refractivity contribution in [3.8, 4) is 0 Å². The van der Waals surface area contributed by atoms with E-state index in [0.29, 0.717) is 17.7 Å². The molecular formula is C22H23NO3S2. The van der Waals surface area contributed by atoms with Gasteiger partial charge in [-0.2, -0.15) is 0 Å². The highest BCUT2D eigenvalue weighted by Gasteiger charge is 2.50. The largest absolute Gasteiger partial charge is 0.459 e. The number of esters is 1. The molecule has 0 saturated heterocycles. The van der Waals surface area contributed by atoms with Gasteiger partial charge in [-0.15, -0.1) is 11.8 Å². The van der Waals surface area contributed by atoms with Crippen LogP contribution in [0.2, 0.25) is 0 Å². The van der Waals surface area contributed by atoms with Crippen molar-refractivity contribution < 1.29 is 14.3 Å². The van der Waals surface area contributed by atoms with E-state index in [-0.39, 0.29) is 23.0 Å². The molecule has 3 aliphatic rings. The quantitative estimate of drug-likeness (QED) is 0.675. The smallest absolute Gasteiger partial charge is 0.322 e. The average Bonchev–Trinajstić information content (AvgIpc) is 2.95. The van der Waals surface area contributed by atoms with Gasteiger partial charge in [0.1, 0.15) is 16.5 Å². The van der Waals surface area contributed by atoms with Gasteiger partial charge in [0.05, 0.1) is 21.5 Å². The molecule has 4 nitrogen and oxygen atoms in total. The molecule has 0 aliphatic carbocycles. The molecule has 0 amide bonds. The number of hydrogen-bond acceptors (Lipinski definition) is 6. The first kappa shape index (κ1) is 19.4. The number of carbonyl (C=O) groups excluding carboxylic acids is 2. The minimum Gasteiger partial charge on any atom is -0.459 e. The summed E-state index contributed by atoms with van der Waals surface area (Å²) in [5, 5.41) is -0.367. The van der Waals surface area contributed by atoms with E-state index in [2.05, 4.69) is 11.0 Å². The second kappa shape index (κ2) is 7.16. The van der Waals surface area contributed by atoms with Gasteiger partial charge in [0, 0.05) is 0 Å². The van der Waals surface area contributed by atoms with Crippen molar-refractivity contribution >= 4 is 40.8 Å². The van der Waals surface area contributed by atoms with E-state index in [1.54, 1.807) is 0 Å². The maximum absolute atomic E-state index is 13.4. The molecule has 0 unspecified atom stereocenters. The maximum Gasteiger partial charge on any atom is 0.322 e. The molecule has 0 aromatic heterocycles. The second-order valence-corrected chi connectivity index (χ2v) is 10.2. The molecule has 1 aromatic rings. The van der Waals surface area contributed by atoms with Gasteiger partial charge in [0.25, 0.3) is 0 Å². The molecule has 1 aromatic carbocycles. The summed E-state index contributed by atoms with van der Waals surface area (Å²) in [6.45, 7) is 5.65. The second-order valence-electron chi connectivity index (χ2n) is 7.94. The van der Waals surface area contributed by atoms with E-state index in [1.165, 1.54) is 23.5 Å². The van der Waals surface area contributed by atoms with Crippen molar-refractivity contribution in [1.82, 2.24) is 4.90 Å². The van der Waals surface area contributed by atoms with Gasteiger partial charge in [-0.1, -0.05) is 48.2 Å². The molecule has 0 spiro atoms. The van der Waals surface area contributed by atoms with Gasteiger partial charge in [0.15, 0.2) is 0 Å². The highest BCUT2D eigenvalue weighted by molar-refractivity contribution is 8.22. The molecule has 3 aliphatic heterocycles. The summed E-state index contributed by atoms with van der Waals surface area (Å²) < 4.78 is 6.59. The van der Waals surface area contributed by atoms with Gasteiger partial charge in [-0.05, 0) is 45.1 Å². The van der Waals surface area contributed by atoms with Gasteiger partial charge in [-0.3, -0.25) is 9.59 Å². The normalized spacial score (nSPS) is 24.0. The first-order chi connectivity index (χ1) is 13.3. The van der Waals surface area contributed by atoms with Gasteiger partial charge in [0.2, 0.25) is 5.78 Å². The number of ether oxygens (including phenoxy) is 1. The van der Waals surface area contributed by atoms with Crippen LogP contribution in [0.25, 0.3) is 5.57 Å². The highest BCUT2D eigenvalue weighted by atomic mass is 32.2. The van der Waals surface area contributed by atoms with E-state index in [1.807, 2.05) is 63.4 Å². The van der Waals surface area contributed by atoms with Gasteiger partial charge >= 0.3 is 5.97 Å². The summed E-state index contributed by atoms with van der Waals surface area (Å²) in [4.78, 5) is 28.5. The monoisotopic (exact) mass is 413 g/mol. The predicted octanol–water partition coefficient (Wildman–Crippen LogP) is 4.60. The fourth-order valence-electron chi connectivity index (χ4n) is 3.81. The molecule has 2 atom stereocenters. The molecule has 146 valence electrons. The molecule has 0 bridgehead atoms. The number of benzene rings is 1. The Bertz CT molecular complexity index is 925. The molecular weight excluding hydrogens is 390 g/mol. The van der Waals surface area contributed by atoms with E-state index in [0.717, 1.165) is 15.5 Å². The third-order valence-electron chi connectivity index (χ3n) is 4.85. The Morgan fingerprint density at radius 2 is 1.96 bits per heavy atom. The summed E-state index contributed by atoms with van der Waals surface area (Å²) in [5.41, 5.74) is 2.69. The molecule has 0 fully saturated rings. The molecule has 4 rings (SSSR count). The average molecular weight is 414 g/mol. The third kappa shape index (κ3) is 3.22. The number of nitrogens with zero attached hydrogens (tertiary/aromatic N) is 1. The topological polar surface area (TPSA) is 46.6 Å². The summed E-state index contributed by atoms with van der Waals surface area (Å²) in [6, 6.07) is 9.65. The van der Waals surface area contributed by atoms with Crippen LogP contribution in [0, 0.1) is 0 Å². The van der Waals surface area contributed by atoms with Crippen LogP contribution >= 0.6 is 23.5 Å². The van der Waals surface area contributed by atoms with Crippen LogP contribution in [0.1, 0.15) is 32.8 Å². The Kier molecular flexibility index (Phi) is 4.96. The minimum absolute atomic E-state index is 0.0391. The summed E-state index contributed by atoms with van der Waals surface area (Å²) in [6.07, 6.45) is 6.75. The van der Waals surface area contributed by atoms with Crippen LogP contribution in [0.5, 0.6) is 0 Å². The zero-order valence-corrected chi connectivity index (χ0v) is 18.0. The Hall–Kier alpha value is -1.92. The molecule has 0 saturated carbocycles. The zero-order valence-electron chi connectivity index (χ0n) is 16.4. The van der Waals surface area contributed by atoms with E-state index >= 15 is 0 Å². The number of hydrogen-bond donors (Lipinski definition) is 0. The summed E-state index contributed by atoms with van der Waals surface area (Å²) in [7, 11) is 0.